The van der Waals surface area contributed by atoms with E-state index in [1.165, 1.54) is 12.3 Å². The first-order valence-electron chi connectivity index (χ1n) is 7.88. The second-order valence-electron chi connectivity index (χ2n) is 5.53. The number of nitrogens with one attached hydrogen (secondary N) is 1. The Morgan fingerprint density at radius 1 is 1.21 bits per heavy atom. The van der Waals surface area contributed by atoms with Gasteiger partial charge in [-0.1, -0.05) is 0 Å². The topological polar surface area (TPSA) is 71.8 Å². The fourth-order valence-corrected chi connectivity index (χ4v) is 2.38. The maximum atomic E-state index is 11.8. The van der Waals surface area contributed by atoms with Crippen molar-refractivity contribution in [3.63, 3.8) is 0 Å². The number of amides is 1. The Morgan fingerprint density at radius 2 is 1.92 bits per heavy atom. The number of carbonyl (C=O) groups is 2. The smallest absolute Gasteiger partial charge is 0.374 e. The molecule has 0 radical (unpaired) electrons. The van der Waals surface area contributed by atoms with Crippen molar-refractivity contribution in [2.75, 3.05) is 23.4 Å². The molecule has 0 unspecified atom stereocenters. The summed E-state index contributed by atoms with van der Waals surface area (Å²) in [6, 6.07) is 11.0. The normalized spacial score (nSPS) is 10.5. The first-order valence-corrected chi connectivity index (χ1v) is 7.88. The lowest BCUT2D eigenvalue weighted by Gasteiger charge is -2.27. The summed E-state index contributed by atoms with van der Waals surface area (Å²) in [6.07, 6.45) is 1.37. The largest absolute Gasteiger partial charge is 0.457 e. The van der Waals surface area contributed by atoms with Gasteiger partial charge in [-0.3, -0.25) is 4.79 Å². The quantitative estimate of drug-likeness (QED) is 0.789. The van der Waals surface area contributed by atoms with Crippen LogP contribution in [0.25, 0.3) is 0 Å². The highest BCUT2D eigenvalue weighted by molar-refractivity contribution is 5.94. The summed E-state index contributed by atoms with van der Waals surface area (Å²) in [4.78, 5) is 25.7. The van der Waals surface area contributed by atoms with Crippen LogP contribution in [0, 0.1) is 0 Å². The van der Waals surface area contributed by atoms with Crippen LogP contribution in [-0.4, -0.2) is 31.1 Å². The lowest BCUT2D eigenvalue weighted by Crippen LogP contribution is -2.30. The van der Waals surface area contributed by atoms with Crippen molar-refractivity contribution in [1.82, 2.24) is 0 Å². The highest BCUT2D eigenvalue weighted by Crippen LogP contribution is 2.19. The predicted molar refractivity (Wildman–Crippen MR) is 92.2 cm³/mol. The number of furan rings is 1. The summed E-state index contributed by atoms with van der Waals surface area (Å²) in [5, 5.41) is 2.69. The Bertz CT molecular complexity index is 663. The van der Waals surface area contributed by atoms with E-state index in [1.807, 2.05) is 24.3 Å². The van der Waals surface area contributed by atoms with Gasteiger partial charge in [-0.15, -0.1) is 0 Å². The van der Waals surface area contributed by atoms with Crippen LogP contribution in [0.2, 0.25) is 0 Å². The molecule has 0 aliphatic carbocycles. The van der Waals surface area contributed by atoms with Crippen molar-refractivity contribution in [1.29, 1.82) is 0 Å². The third-order valence-corrected chi connectivity index (χ3v) is 3.50. The fraction of sp³-hybridized carbons (Fsp3) is 0.333. The Kier molecular flexibility index (Phi) is 6.01. The first kappa shape index (κ1) is 17.6. The van der Waals surface area contributed by atoms with Crippen LogP contribution >= 0.6 is 0 Å². The minimum absolute atomic E-state index is 0.0699. The lowest BCUT2D eigenvalue weighted by molar-refractivity contribution is -0.119. The zero-order valence-electron chi connectivity index (χ0n) is 14.1. The number of ether oxygens (including phenoxy) is 1. The van der Waals surface area contributed by atoms with Gasteiger partial charge in [-0.2, -0.15) is 0 Å². The van der Waals surface area contributed by atoms with Gasteiger partial charge in [0.25, 0.3) is 5.91 Å². The predicted octanol–water partition coefficient (Wildman–Crippen LogP) is 3.31. The number of anilines is 2. The monoisotopic (exact) mass is 330 g/mol. The molecular weight excluding hydrogens is 308 g/mol. The van der Waals surface area contributed by atoms with Gasteiger partial charge in [0.1, 0.15) is 0 Å². The van der Waals surface area contributed by atoms with Gasteiger partial charge >= 0.3 is 5.97 Å². The Balaban J connectivity index is 1.86. The van der Waals surface area contributed by atoms with Crippen LogP contribution < -0.4 is 10.2 Å². The van der Waals surface area contributed by atoms with E-state index in [0.717, 1.165) is 12.2 Å². The second-order valence-corrected chi connectivity index (χ2v) is 5.53. The standard InChI is InChI=1S/C18H22N2O4/c1-4-20(13(2)3)15-9-7-14(8-10-15)19-17(21)12-24-18(22)16-6-5-11-23-16/h5-11,13H,4,12H2,1-3H3,(H,19,21). The van der Waals surface area contributed by atoms with E-state index in [2.05, 4.69) is 31.0 Å². The third-order valence-electron chi connectivity index (χ3n) is 3.50. The Morgan fingerprint density at radius 3 is 2.46 bits per heavy atom. The van der Waals surface area contributed by atoms with Crippen molar-refractivity contribution in [3.8, 4) is 0 Å². The summed E-state index contributed by atoms with van der Waals surface area (Å²) in [7, 11) is 0. The molecule has 0 fully saturated rings. The molecule has 6 heteroatoms. The van der Waals surface area contributed by atoms with Crippen molar-refractivity contribution >= 4 is 23.3 Å². The second kappa shape index (κ2) is 8.19. The summed E-state index contributed by atoms with van der Waals surface area (Å²) >= 11 is 0. The Labute approximate surface area is 141 Å². The summed E-state index contributed by atoms with van der Waals surface area (Å²) < 4.78 is 9.78. The van der Waals surface area contributed by atoms with Gasteiger partial charge in [0.05, 0.1) is 6.26 Å². The first-order chi connectivity index (χ1) is 11.5. The van der Waals surface area contributed by atoms with Crippen molar-refractivity contribution in [3.05, 3.63) is 48.4 Å². The highest BCUT2D eigenvalue weighted by atomic mass is 16.5. The maximum absolute atomic E-state index is 11.8. The molecule has 1 amide bonds. The number of benzene rings is 1. The van der Waals surface area contributed by atoms with Gasteiger partial charge in [0, 0.05) is 24.0 Å². The van der Waals surface area contributed by atoms with E-state index in [0.29, 0.717) is 11.7 Å². The zero-order chi connectivity index (χ0) is 17.5. The molecular formula is C18H22N2O4. The van der Waals surface area contributed by atoms with Crippen LogP contribution in [0.1, 0.15) is 31.3 Å². The molecule has 128 valence electrons. The molecule has 1 aromatic carbocycles. The van der Waals surface area contributed by atoms with E-state index in [-0.39, 0.29) is 12.4 Å². The average Bonchev–Trinajstić information content (AvgIpc) is 3.09. The van der Waals surface area contributed by atoms with E-state index >= 15 is 0 Å². The van der Waals surface area contributed by atoms with Gasteiger partial charge in [-0.05, 0) is 57.2 Å². The number of esters is 1. The molecule has 0 saturated heterocycles. The molecule has 0 spiro atoms. The third kappa shape index (κ3) is 4.62. The number of carbonyl (C=O) groups excluding carboxylic acids is 2. The lowest BCUT2D eigenvalue weighted by atomic mass is 10.2. The molecule has 0 bridgehead atoms. The van der Waals surface area contributed by atoms with Crippen molar-refractivity contribution in [2.45, 2.75) is 26.8 Å². The minimum atomic E-state index is -0.666. The van der Waals surface area contributed by atoms with Crippen LogP contribution in [0.15, 0.2) is 47.1 Å². The zero-order valence-corrected chi connectivity index (χ0v) is 14.1. The summed E-state index contributed by atoms with van der Waals surface area (Å²) in [6.45, 7) is 6.91. The van der Waals surface area contributed by atoms with Crippen LogP contribution in [0.5, 0.6) is 0 Å². The molecule has 0 aliphatic rings. The minimum Gasteiger partial charge on any atom is -0.457 e. The summed E-state index contributed by atoms with van der Waals surface area (Å²) in [5.74, 6) is -1.000. The highest BCUT2D eigenvalue weighted by Gasteiger charge is 2.13. The van der Waals surface area contributed by atoms with E-state index in [9.17, 15) is 9.59 Å². The van der Waals surface area contributed by atoms with E-state index < -0.39 is 11.9 Å². The molecule has 0 saturated carbocycles. The molecule has 1 aromatic heterocycles. The molecule has 1 heterocycles. The number of hydrogen-bond acceptors (Lipinski definition) is 5. The summed E-state index contributed by atoms with van der Waals surface area (Å²) in [5.41, 5.74) is 1.74. The van der Waals surface area contributed by atoms with Crippen LogP contribution in [0.3, 0.4) is 0 Å². The molecule has 2 rings (SSSR count). The SMILES string of the molecule is CCN(c1ccc(NC(=O)COC(=O)c2ccco2)cc1)C(C)C. The Hall–Kier alpha value is -2.76. The number of rotatable bonds is 7. The average molecular weight is 330 g/mol. The van der Waals surface area contributed by atoms with Crippen molar-refractivity contribution in [2.24, 2.45) is 0 Å². The van der Waals surface area contributed by atoms with E-state index in [4.69, 9.17) is 9.15 Å². The van der Waals surface area contributed by atoms with Crippen LogP contribution in [-0.2, 0) is 9.53 Å². The number of nitrogens with zero attached hydrogens (tertiary/aromatic N) is 1. The van der Waals surface area contributed by atoms with Gasteiger partial charge in [0.15, 0.2) is 6.61 Å². The van der Waals surface area contributed by atoms with Crippen molar-refractivity contribution < 1.29 is 18.7 Å². The molecule has 24 heavy (non-hydrogen) atoms. The molecule has 6 nitrogen and oxygen atoms in total. The molecule has 1 N–H and O–H groups in total. The fourth-order valence-electron chi connectivity index (χ4n) is 2.38. The van der Waals surface area contributed by atoms with Gasteiger partial charge < -0.3 is 19.4 Å². The molecule has 0 aliphatic heterocycles. The number of hydrogen-bond donors (Lipinski definition) is 1. The molecule has 2 aromatic rings. The van der Waals surface area contributed by atoms with Gasteiger partial charge in [0.2, 0.25) is 5.76 Å². The van der Waals surface area contributed by atoms with Gasteiger partial charge in [-0.25, -0.2) is 4.79 Å². The maximum Gasteiger partial charge on any atom is 0.374 e. The molecule has 0 atom stereocenters. The van der Waals surface area contributed by atoms with E-state index in [1.54, 1.807) is 6.07 Å². The van der Waals surface area contributed by atoms with Crippen LogP contribution in [0.4, 0.5) is 11.4 Å².